The lowest BCUT2D eigenvalue weighted by Crippen LogP contribution is -2.52. The Hall–Kier alpha value is -3.07. The van der Waals surface area contributed by atoms with Gasteiger partial charge in [-0.25, -0.2) is 8.42 Å². The summed E-state index contributed by atoms with van der Waals surface area (Å²) in [5.74, 6) is -0.0337. The summed E-state index contributed by atoms with van der Waals surface area (Å²) in [4.78, 5) is 28.1. The van der Waals surface area contributed by atoms with Crippen molar-refractivity contribution in [1.82, 2.24) is 10.2 Å². The molecule has 0 radical (unpaired) electrons. The van der Waals surface area contributed by atoms with Crippen molar-refractivity contribution in [2.45, 2.75) is 53.1 Å². The molecule has 2 aromatic carbocycles. The molecule has 2 amide bonds. The van der Waals surface area contributed by atoms with Gasteiger partial charge in [0.15, 0.2) is 0 Å². The Bertz CT molecular complexity index is 1120. The lowest BCUT2D eigenvalue weighted by Gasteiger charge is -2.33. The van der Waals surface area contributed by atoms with Gasteiger partial charge >= 0.3 is 0 Å². The first kappa shape index (κ1) is 28.2. The van der Waals surface area contributed by atoms with Crippen molar-refractivity contribution in [3.63, 3.8) is 0 Å². The van der Waals surface area contributed by atoms with Gasteiger partial charge in [0.2, 0.25) is 21.8 Å². The minimum Gasteiger partial charge on any atom is -0.497 e. The summed E-state index contributed by atoms with van der Waals surface area (Å²) in [5.41, 5.74) is 3.16. The summed E-state index contributed by atoms with van der Waals surface area (Å²) >= 11 is 0. The average molecular weight is 504 g/mol. The summed E-state index contributed by atoms with van der Waals surface area (Å²) < 4.78 is 31.7. The number of aryl methyl sites for hydroxylation is 2. The summed E-state index contributed by atoms with van der Waals surface area (Å²) in [6.45, 7) is 7.87. The van der Waals surface area contributed by atoms with Crippen LogP contribution in [0.1, 0.15) is 43.4 Å². The van der Waals surface area contributed by atoms with Gasteiger partial charge in [0.1, 0.15) is 18.3 Å². The largest absolute Gasteiger partial charge is 0.497 e. The van der Waals surface area contributed by atoms with Gasteiger partial charge in [-0.15, -0.1) is 0 Å². The van der Waals surface area contributed by atoms with Crippen molar-refractivity contribution in [2.24, 2.45) is 0 Å². The van der Waals surface area contributed by atoms with E-state index in [1.807, 2.05) is 45.9 Å². The van der Waals surface area contributed by atoms with Crippen molar-refractivity contribution in [2.75, 3.05) is 30.8 Å². The molecule has 192 valence electrons. The Morgan fingerprint density at radius 3 is 2.20 bits per heavy atom. The molecule has 0 aromatic heterocycles. The summed E-state index contributed by atoms with van der Waals surface area (Å²) in [7, 11) is -2.18. The van der Waals surface area contributed by atoms with Crippen LogP contribution < -0.4 is 14.4 Å². The number of carbonyl (C=O) groups is 2. The molecule has 0 aliphatic heterocycles. The van der Waals surface area contributed by atoms with Gasteiger partial charge in [-0.3, -0.25) is 13.9 Å². The van der Waals surface area contributed by atoms with Gasteiger partial charge in [0, 0.05) is 13.1 Å². The highest BCUT2D eigenvalue weighted by atomic mass is 32.2. The molecule has 1 unspecified atom stereocenters. The van der Waals surface area contributed by atoms with Crippen molar-refractivity contribution < 1.29 is 22.7 Å². The van der Waals surface area contributed by atoms with Crippen LogP contribution in [0.3, 0.4) is 0 Å². The molecular weight excluding hydrogens is 466 g/mol. The maximum absolute atomic E-state index is 13.6. The second kappa shape index (κ2) is 12.6. The monoisotopic (exact) mass is 503 g/mol. The molecule has 1 atom stereocenters. The highest BCUT2D eigenvalue weighted by Crippen LogP contribution is 2.23. The van der Waals surface area contributed by atoms with Crippen molar-refractivity contribution in [3.8, 4) is 5.75 Å². The van der Waals surface area contributed by atoms with E-state index in [4.69, 9.17) is 4.74 Å². The third kappa shape index (κ3) is 7.71. The van der Waals surface area contributed by atoms with Crippen molar-refractivity contribution >= 4 is 27.5 Å². The second-order valence-electron chi connectivity index (χ2n) is 8.62. The molecule has 0 heterocycles. The molecule has 0 saturated heterocycles. The molecule has 35 heavy (non-hydrogen) atoms. The van der Waals surface area contributed by atoms with Gasteiger partial charge in [0.25, 0.3) is 0 Å². The Kier molecular flexibility index (Phi) is 10.1. The molecule has 2 rings (SSSR count). The van der Waals surface area contributed by atoms with Crippen molar-refractivity contribution in [3.05, 3.63) is 59.2 Å². The van der Waals surface area contributed by atoms with E-state index in [0.717, 1.165) is 33.7 Å². The third-order valence-electron chi connectivity index (χ3n) is 5.90. The van der Waals surface area contributed by atoms with Gasteiger partial charge in [-0.2, -0.15) is 0 Å². The zero-order valence-corrected chi connectivity index (χ0v) is 22.3. The highest BCUT2D eigenvalue weighted by molar-refractivity contribution is 7.92. The fourth-order valence-corrected chi connectivity index (χ4v) is 4.55. The number of hydrogen-bond acceptors (Lipinski definition) is 5. The van der Waals surface area contributed by atoms with E-state index in [1.165, 1.54) is 4.90 Å². The first-order valence-corrected chi connectivity index (χ1v) is 13.6. The molecule has 0 fully saturated rings. The number of rotatable bonds is 12. The summed E-state index contributed by atoms with van der Waals surface area (Å²) in [5, 5.41) is 2.87. The number of sulfonamides is 1. The van der Waals surface area contributed by atoms with Crippen LogP contribution in [0.5, 0.6) is 5.75 Å². The van der Waals surface area contributed by atoms with Crippen LogP contribution in [-0.2, 0) is 26.2 Å². The van der Waals surface area contributed by atoms with E-state index in [0.29, 0.717) is 24.4 Å². The first-order valence-electron chi connectivity index (χ1n) is 11.8. The number of carbonyl (C=O) groups excluding carboxylic acids is 2. The fourth-order valence-electron chi connectivity index (χ4n) is 3.71. The van der Waals surface area contributed by atoms with Crippen LogP contribution in [0.4, 0.5) is 5.69 Å². The first-order chi connectivity index (χ1) is 16.5. The molecule has 1 N–H and O–H groups in total. The molecule has 0 saturated carbocycles. The zero-order valence-electron chi connectivity index (χ0n) is 21.5. The summed E-state index contributed by atoms with van der Waals surface area (Å²) in [6, 6.07) is 11.8. The molecule has 0 aliphatic carbocycles. The normalized spacial score (nSPS) is 12.1. The second-order valence-corrected chi connectivity index (χ2v) is 10.5. The van der Waals surface area contributed by atoms with Crippen LogP contribution in [0.2, 0.25) is 0 Å². The van der Waals surface area contributed by atoms with E-state index in [1.54, 1.807) is 31.4 Å². The minimum absolute atomic E-state index is 0.158. The number of methoxy groups -OCH3 is 1. The Morgan fingerprint density at radius 2 is 1.69 bits per heavy atom. The lowest BCUT2D eigenvalue weighted by atomic mass is 10.1. The molecule has 0 spiro atoms. The average Bonchev–Trinajstić information content (AvgIpc) is 2.82. The van der Waals surface area contributed by atoms with Gasteiger partial charge in [-0.05, 0) is 67.6 Å². The number of anilines is 1. The molecule has 2 aromatic rings. The van der Waals surface area contributed by atoms with Gasteiger partial charge in [0.05, 0.1) is 19.1 Å². The van der Waals surface area contributed by atoms with Crippen molar-refractivity contribution in [1.29, 1.82) is 0 Å². The quantitative estimate of drug-likeness (QED) is 0.479. The molecule has 8 nitrogen and oxygen atoms in total. The number of benzene rings is 2. The zero-order chi connectivity index (χ0) is 26.2. The minimum atomic E-state index is -3.76. The fraction of sp³-hybridized carbons (Fsp3) is 0.462. The predicted molar refractivity (Wildman–Crippen MR) is 139 cm³/mol. The molecule has 0 bridgehead atoms. The Labute approximate surface area is 209 Å². The standard InChI is InChI=1S/C26H37N3O5S/c1-7-15-27-26(31)24(8-2)28(17-21-10-13-23(34-5)14-11-21)25(30)18-29(35(6,32)33)22-12-9-19(3)20(4)16-22/h9-14,16,24H,7-8,15,17-18H2,1-6H3,(H,27,31). The molecule has 0 aliphatic rings. The number of hydrogen-bond donors (Lipinski definition) is 1. The van der Waals surface area contributed by atoms with Crippen LogP contribution in [0.15, 0.2) is 42.5 Å². The van der Waals surface area contributed by atoms with Crippen LogP contribution >= 0.6 is 0 Å². The number of ether oxygens (including phenoxy) is 1. The Morgan fingerprint density at radius 1 is 1.03 bits per heavy atom. The van der Waals surface area contributed by atoms with E-state index < -0.39 is 28.5 Å². The predicted octanol–water partition coefficient (Wildman–Crippen LogP) is 3.41. The van der Waals surface area contributed by atoms with Crippen LogP contribution in [0, 0.1) is 13.8 Å². The molecular formula is C26H37N3O5S. The smallest absolute Gasteiger partial charge is 0.244 e. The van der Waals surface area contributed by atoms with Crippen LogP contribution in [-0.4, -0.2) is 57.6 Å². The van der Waals surface area contributed by atoms with Gasteiger partial charge in [-0.1, -0.05) is 32.0 Å². The van der Waals surface area contributed by atoms with E-state index in [9.17, 15) is 18.0 Å². The highest BCUT2D eigenvalue weighted by Gasteiger charge is 2.31. The maximum Gasteiger partial charge on any atom is 0.244 e. The van der Waals surface area contributed by atoms with E-state index in [2.05, 4.69) is 5.32 Å². The van der Waals surface area contributed by atoms with Crippen LogP contribution in [0.25, 0.3) is 0 Å². The molecule has 9 heteroatoms. The number of nitrogens with one attached hydrogen (secondary N) is 1. The van der Waals surface area contributed by atoms with E-state index in [-0.39, 0.29) is 12.5 Å². The Balaban J connectivity index is 2.43. The summed E-state index contributed by atoms with van der Waals surface area (Å²) in [6.07, 6.45) is 2.23. The van der Waals surface area contributed by atoms with E-state index >= 15 is 0 Å². The number of nitrogens with zero attached hydrogens (tertiary/aromatic N) is 2. The maximum atomic E-state index is 13.6. The SMILES string of the molecule is CCCNC(=O)C(CC)N(Cc1ccc(OC)cc1)C(=O)CN(c1ccc(C)c(C)c1)S(C)(=O)=O. The third-order valence-corrected chi connectivity index (χ3v) is 7.05. The lowest BCUT2D eigenvalue weighted by molar-refractivity contribution is -0.140. The van der Waals surface area contributed by atoms with Gasteiger partial charge < -0.3 is 15.0 Å². The topological polar surface area (TPSA) is 96.0 Å². The number of amides is 2.